The Morgan fingerprint density at radius 1 is 1.32 bits per heavy atom. The molecule has 0 atom stereocenters. The Morgan fingerprint density at radius 3 is 2.44 bits per heavy atom. The molecule has 0 radical (unpaired) electrons. The lowest BCUT2D eigenvalue weighted by Crippen LogP contribution is -2.31. The van der Waals surface area contributed by atoms with Crippen LogP contribution in [0.1, 0.15) is 17.0 Å². The van der Waals surface area contributed by atoms with Gasteiger partial charge in [0.15, 0.2) is 0 Å². The average Bonchev–Trinajstić information content (AvgIpc) is 2.80. The van der Waals surface area contributed by atoms with E-state index in [1.165, 1.54) is 12.1 Å². The number of hydrogen-bond donors (Lipinski definition) is 1. The topological polar surface area (TPSA) is 98.5 Å². The van der Waals surface area contributed by atoms with Crippen molar-refractivity contribution in [2.75, 3.05) is 6.54 Å². The zero-order chi connectivity index (χ0) is 18.8. The molecule has 0 aliphatic heterocycles. The van der Waals surface area contributed by atoms with E-state index in [9.17, 15) is 13.2 Å². The van der Waals surface area contributed by atoms with Crippen molar-refractivity contribution < 1.29 is 22.5 Å². The van der Waals surface area contributed by atoms with Gasteiger partial charge in [0.2, 0.25) is 10.0 Å². The van der Waals surface area contributed by atoms with Crippen molar-refractivity contribution in [2.24, 2.45) is 0 Å². The second-order valence-electron chi connectivity index (χ2n) is 4.99. The van der Waals surface area contributed by atoms with Crippen molar-refractivity contribution in [3.05, 3.63) is 43.7 Å². The highest BCUT2D eigenvalue weighted by Crippen LogP contribution is 2.32. The standard InChI is InChI=1S/C14H13BrCl2N2O5S/c1-7-10(8(2)24-19-7)6-23-13(20)5-18-25(21,22)14-11(16)3-9(15)4-12(14)17/h3-4,18H,5-6H2,1-2H3. The fourth-order valence-electron chi connectivity index (χ4n) is 1.92. The summed E-state index contributed by atoms with van der Waals surface area (Å²) in [6, 6.07) is 2.77. The third kappa shape index (κ3) is 4.95. The molecule has 0 saturated heterocycles. The van der Waals surface area contributed by atoms with Gasteiger partial charge in [0.25, 0.3) is 0 Å². The summed E-state index contributed by atoms with van der Waals surface area (Å²) in [5, 5.41) is 3.59. The fraction of sp³-hybridized carbons (Fsp3) is 0.286. The number of ether oxygens (including phenoxy) is 1. The molecule has 0 spiro atoms. The summed E-state index contributed by atoms with van der Waals surface area (Å²) in [7, 11) is -4.09. The van der Waals surface area contributed by atoms with Crippen LogP contribution >= 0.6 is 39.1 Å². The van der Waals surface area contributed by atoms with Crippen molar-refractivity contribution in [3.8, 4) is 0 Å². The Bertz CT molecular complexity index is 871. The molecule has 2 rings (SSSR count). The quantitative estimate of drug-likeness (QED) is 0.648. The molecule has 2 aromatic rings. The molecule has 0 amide bonds. The SMILES string of the molecule is Cc1noc(C)c1COC(=O)CNS(=O)(=O)c1c(Cl)cc(Br)cc1Cl. The highest BCUT2D eigenvalue weighted by molar-refractivity contribution is 9.10. The predicted octanol–water partition coefficient (Wildman–Crippen LogP) is 3.38. The first-order chi connectivity index (χ1) is 11.6. The normalized spacial score (nSPS) is 11.6. The average molecular weight is 472 g/mol. The molecule has 11 heteroatoms. The minimum absolute atomic E-state index is 0.0679. The van der Waals surface area contributed by atoms with Gasteiger partial charge in [-0.15, -0.1) is 0 Å². The number of halogens is 3. The second-order valence-corrected chi connectivity index (χ2v) is 8.42. The molecule has 25 heavy (non-hydrogen) atoms. The number of carbonyl (C=O) groups is 1. The number of sulfonamides is 1. The lowest BCUT2D eigenvalue weighted by Gasteiger charge is -2.10. The summed E-state index contributed by atoms with van der Waals surface area (Å²) in [5.74, 6) is -0.243. The Hall–Kier alpha value is -1.13. The van der Waals surface area contributed by atoms with Crippen LogP contribution < -0.4 is 4.72 Å². The van der Waals surface area contributed by atoms with Crippen molar-refractivity contribution in [3.63, 3.8) is 0 Å². The lowest BCUT2D eigenvalue weighted by atomic mass is 10.2. The fourth-order valence-corrected chi connectivity index (χ4v) is 4.82. The maximum absolute atomic E-state index is 12.3. The van der Waals surface area contributed by atoms with Gasteiger partial charge in [-0.1, -0.05) is 44.3 Å². The van der Waals surface area contributed by atoms with Crippen LogP contribution in [0, 0.1) is 13.8 Å². The van der Waals surface area contributed by atoms with Crippen LogP contribution in [0.3, 0.4) is 0 Å². The summed E-state index contributed by atoms with van der Waals surface area (Å²) >= 11 is 15.0. The van der Waals surface area contributed by atoms with Crippen molar-refractivity contribution in [1.29, 1.82) is 0 Å². The smallest absolute Gasteiger partial charge is 0.321 e. The van der Waals surface area contributed by atoms with Crippen LogP contribution in [-0.4, -0.2) is 26.1 Å². The van der Waals surface area contributed by atoms with E-state index < -0.39 is 22.5 Å². The van der Waals surface area contributed by atoms with Gasteiger partial charge in [-0.05, 0) is 26.0 Å². The van der Waals surface area contributed by atoms with Crippen LogP contribution in [-0.2, 0) is 26.2 Å². The number of rotatable bonds is 6. The molecule has 0 bridgehead atoms. The summed E-state index contributed by atoms with van der Waals surface area (Å²) in [6.45, 7) is 2.75. The molecule has 1 N–H and O–H groups in total. The monoisotopic (exact) mass is 470 g/mol. The van der Waals surface area contributed by atoms with E-state index in [1.54, 1.807) is 13.8 Å². The van der Waals surface area contributed by atoms with Gasteiger partial charge < -0.3 is 9.26 Å². The van der Waals surface area contributed by atoms with E-state index in [1.807, 2.05) is 0 Å². The first-order valence-corrected chi connectivity index (χ1v) is 9.86. The Labute approximate surface area is 162 Å². The summed E-state index contributed by atoms with van der Waals surface area (Å²) < 4.78 is 37.2. The predicted molar refractivity (Wildman–Crippen MR) is 95.1 cm³/mol. The molecule has 0 unspecified atom stereocenters. The third-order valence-corrected chi connectivity index (χ3v) is 5.98. The van der Waals surface area contributed by atoms with Gasteiger partial charge in [0.05, 0.1) is 21.3 Å². The number of carbonyl (C=O) groups excluding carboxylic acids is 1. The number of aromatic nitrogens is 1. The minimum atomic E-state index is -4.09. The van der Waals surface area contributed by atoms with Crippen LogP contribution in [0.2, 0.25) is 10.0 Å². The van der Waals surface area contributed by atoms with E-state index in [0.717, 1.165) is 0 Å². The Morgan fingerprint density at radius 2 is 1.92 bits per heavy atom. The van der Waals surface area contributed by atoms with Crippen molar-refractivity contribution in [2.45, 2.75) is 25.3 Å². The first kappa shape index (κ1) is 20.2. The second kappa shape index (κ2) is 8.05. The number of hydrogen-bond acceptors (Lipinski definition) is 6. The highest BCUT2D eigenvalue weighted by atomic mass is 79.9. The molecule has 7 nitrogen and oxygen atoms in total. The number of benzene rings is 1. The third-order valence-electron chi connectivity index (χ3n) is 3.20. The minimum Gasteiger partial charge on any atom is -0.460 e. The zero-order valence-corrected chi connectivity index (χ0v) is 17.0. The summed E-state index contributed by atoms with van der Waals surface area (Å²) in [5.41, 5.74) is 1.23. The molecular formula is C14H13BrCl2N2O5S. The zero-order valence-electron chi connectivity index (χ0n) is 13.1. The Kier molecular flexibility index (Phi) is 6.50. The van der Waals surface area contributed by atoms with Crippen LogP contribution in [0.25, 0.3) is 0 Å². The molecule has 136 valence electrons. The molecule has 1 aromatic heterocycles. The van der Waals surface area contributed by atoms with Crippen molar-refractivity contribution in [1.82, 2.24) is 9.88 Å². The maximum atomic E-state index is 12.3. The molecule has 1 heterocycles. The van der Waals surface area contributed by atoms with Crippen LogP contribution in [0.15, 0.2) is 26.0 Å². The van der Waals surface area contributed by atoms with Gasteiger partial charge in [-0.2, -0.15) is 4.72 Å². The molecule has 1 aromatic carbocycles. The van der Waals surface area contributed by atoms with Crippen LogP contribution in [0.4, 0.5) is 0 Å². The van der Waals surface area contributed by atoms with Gasteiger partial charge >= 0.3 is 5.97 Å². The summed E-state index contributed by atoms with van der Waals surface area (Å²) in [4.78, 5) is 11.5. The lowest BCUT2D eigenvalue weighted by molar-refractivity contribution is -0.143. The van der Waals surface area contributed by atoms with Crippen molar-refractivity contribution >= 4 is 55.1 Å². The number of esters is 1. The van der Waals surface area contributed by atoms with E-state index in [4.69, 9.17) is 32.5 Å². The van der Waals surface area contributed by atoms with Gasteiger partial charge in [0.1, 0.15) is 23.8 Å². The van der Waals surface area contributed by atoms with E-state index in [0.29, 0.717) is 21.5 Å². The maximum Gasteiger partial charge on any atom is 0.321 e. The molecule has 0 aliphatic rings. The summed E-state index contributed by atoms with van der Waals surface area (Å²) in [6.07, 6.45) is 0. The molecule has 0 fully saturated rings. The Balaban J connectivity index is 2.01. The number of nitrogens with one attached hydrogen (secondary N) is 1. The molecule has 0 aliphatic carbocycles. The van der Waals surface area contributed by atoms with E-state index in [-0.39, 0.29) is 21.5 Å². The van der Waals surface area contributed by atoms with E-state index in [2.05, 4.69) is 25.8 Å². The van der Waals surface area contributed by atoms with E-state index >= 15 is 0 Å². The number of aryl methyl sites for hydroxylation is 2. The van der Waals surface area contributed by atoms with Crippen LogP contribution in [0.5, 0.6) is 0 Å². The number of nitrogens with zero attached hydrogens (tertiary/aromatic N) is 1. The first-order valence-electron chi connectivity index (χ1n) is 6.83. The highest BCUT2D eigenvalue weighted by Gasteiger charge is 2.23. The van der Waals surface area contributed by atoms with Gasteiger partial charge in [-0.3, -0.25) is 4.79 Å². The van der Waals surface area contributed by atoms with Gasteiger partial charge in [-0.25, -0.2) is 8.42 Å². The van der Waals surface area contributed by atoms with Gasteiger partial charge in [0, 0.05) is 4.47 Å². The molecule has 0 saturated carbocycles. The molecular weight excluding hydrogens is 459 g/mol. The largest absolute Gasteiger partial charge is 0.460 e.